The molecule has 0 aliphatic carbocycles. The highest BCUT2D eigenvalue weighted by atomic mass is 32.2. The molecule has 0 saturated carbocycles. The molecule has 1 aliphatic rings. The minimum atomic E-state index is -0.493. The molecule has 146 valence electrons. The van der Waals surface area contributed by atoms with E-state index in [0.717, 1.165) is 30.9 Å². The molecule has 1 aromatic carbocycles. The molecule has 1 aliphatic heterocycles. The first kappa shape index (κ1) is 20.9. The number of thioether (sulfide) groups is 1. The van der Waals surface area contributed by atoms with Crippen molar-refractivity contribution in [2.24, 2.45) is 0 Å². The highest BCUT2D eigenvalue weighted by Gasteiger charge is 2.36. The number of carbonyl (C=O) groups excluding carboxylic acids is 1. The molecule has 1 heterocycles. The Morgan fingerprint density at radius 3 is 2.62 bits per heavy atom. The third-order valence-corrected chi connectivity index (χ3v) is 5.87. The molecule has 2 rings (SSSR count). The van der Waals surface area contributed by atoms with Crippen LogP contribution in [0.5, 0.6) is 5.75 Å². The van der Waals surface area contributed by atoms with Crippen LogP contribution >= 0.6 is 11.8 Å². The first-order valence-corrected chi connectivity index (χ1v) is 10.2. The molecule has 1 fully saturated rings. The van der Waals surface area contributed by atoms with E-state index < -0.39 is 5.60 Å². The maximum Gasteiger partial charge on any atom is 0.410 e. The van der Waals surface area contributed by atoms with E-state index in [1.165, 1.54) is 5.56 Å². The highest BCUT2D eigenvalue weighted by Crippen LogP contribution is 2.33. The summed E-state index contributed by atoms with van der Waals surface area (Å²) in [6.45, 7) is 6.52. The van der Waals surface area contributed by atoms with Crippen molar-refractivity contribution >= 4 is 17.9 Å². The molecule has 26 heavy (non-hydrogen) atoms. The van der Waals surface area contributed by atoms with Gasteiger partial charge in [-0.2, -0.15) is 11.8 Å². The fourth-order valence-electron chi connectivity index (χ4n) is 3.17. The van der Waals surface area contributed by atoms with Crippen molar-refractivity contribution in [3.8, 4) is 5.75 Å². The normalized spacial score (nSPS) is 18.7. The molecular formula is C20H31NO4S. The smallest absolute Gasteiger partial charge is 0.410 e. The van der Waals surface area contributed by atoms with Crippen LogP contribution in [-0.2, 0) is 10.5 Å². The lowest BCUT2D eigenvalue weighted by molar-refractivity contribution is 0.0220. The van der Waals surface area contributed by atoms with Gasteiger partial charge >= 0.3 is 6.09 Å². The van der Waals surface area contributed by atoms with E-state index in [9.17, 15) is 9.90 Å². The van der Waals surface area contributed by atoms with Gasteiger partial charge in [-0.3, -0.25) is 0 Å². The van der Waals surface area contributed by atoms with Crippen LogP contribution in [0.3, 0.4) is 0 Å². The van der Waals surface area contributed by atoms with Gasteiger partial charge in [-0.15, -0.1) is 0 Å². The van der Waals surface area contributed by atoms with Gasteiger partial charge in [-0.25, -0.2) is 4.79 Å². The molecule has 1 aromatic rings. The minimum absolute atomic E-state index is 0.111. The molecule has 6 heteroatoms. The van der Waals surface area contributed by atoms with Crippen LogP contribution in [0.1, 0.15) is 45.6 Å². The lowest BCUT2D eigenvalue weighted by Crippen LogP contribution is -2.44. The Morgan fingerprint density at radius 1 is 1.35 bits per heavy atom. The van der Waals surface area contributed by atoms with Gasteiger partial charge in [0.25, 0.3) is 0 Å². The van der Waals surface area contributed by atoms with Crippen molar-refractivity contribution in [3.63, 3.8) is 0 Å². The predicted octanol–water partition coefficient (Wildman–Crippen LogP) is 4.08. The Balaban J connectivity index is 2.00. The molecule has 0 aromatic heterocycles. The Labute approximate surface area is 161 Å². The number of amides is 1. The van der Waals surface area contributed by atoms with Crippen LogP contribution in [0.2, 0.25) is 0 Å². The van der Waals surface area contributed by atoms with Gasteiger partial charge < -0.3 is 19.5 Å². The summed E-state index contributed by atoms with van der Waals surface area (Å²) in [4.78, 5) is 14.4. The number of methoxy groups -OCH3 is 1. The first-order valence-electron chi connectivity index (χ1n) is 9.19. The fraction of sp³-hybridized carbons (Fsp3) is 0.650. The summed E-state index contributed by atoms with van der Waals surface area (Å²) in [5, 5.41) is 9.70. The van der Waals surface area contributed by atoms with Crippen molar-refractivity contribution in [2.45, 2.75) is 62.7 Å². The van der Waals surface area contributed by atoms with Gasteiger partial charge in [0.1, 0.15) is 11.4 Å². The molecule has 5 nitrogen and oxygen atoms in total. The third-order valence-electron chi connectivity index (χ3n) is 4.39. The van der Waals surface area contributed by atoms with Gasteiger partial charge in [0, 0.05) is 30.2 Å². The van der Waals surface area contributed by atoms with Crippen molar-refractivity contribution in [1.82, 2.24) is 4.90 Å². The van der Waals surface area contributed by atoms with Gasteiger partial charge in [0.2, 0.25) is 0 Å². The molecule has 1 amide bonds. The number of nitrogens with zero attached hydrogens (tertiary/aromatic N) is 1. The Bertz CT molecular complexity index is 570. The van der Waals surface area contributed by atoms with Crippen LogP contribution in [-0.4, -0.2) is 53.3 Å². The molecule has 1 N–H and O–H groups in total. The Morgan fingerprint density at radius 2 is 2.04 bits per heavy atom. The largest absolute Gasteiger partial charge is 0.497 e. The molecule has 0 spiro atoms. The van der Waals surface area contributed by atoms with Crippen LogP contribution in [0, 0.1) is 0 Å². The number of likely N-dealkylation sites (tertiary alicyclic amines) is 1. The number of aliphatic hydroxyl groups excluding tert-OH is 1. The van der Waals surface area contributed by atoms with Gasteiger partial charge in [-0.05, 0) is 57.7 Å². The lowest BCUT2D eigenvalue weighted by atomic mass is 10.1. The molecule has 2 unspecified atom stereocenters. The monoisotopic (exact) mass is 381 g/mol. The number of hydrogen-bond acceptors (Lipinski definition) is 5. The number of ether oxygens (including phenoxy) is 2. The van der Waals surface area contributed by atoms with Crippen LogP contribution in [0.25, 0.3) is 0 Å². The van der Waals surface area contributed by atoms with Crippen molar-refractivity contribution in [2.75, 3.05) is 20.3 Å². The maximum atomic E-state index is 12.5. The van der Waals surface area contributed by atoms with E-state index in [4.69, 9.17) is 9.47 Å². The van der Waals surface area contributed by atoms with E-state index in [2.05, 4.69) is 12.1 Å². The molecule has 2 atom stereocenters. The second kappa shape index (κ2) is 9.51. The zero-order chi connectivity index (χ0) is 19.2. The van der Waals surface area contributed by atoms with Crippen molar-refractivity contribution in [3.05, 3.63) is 29.8 Å². The average molecular weight is 382 g/mol. The SMILES string of the molecule is COc1ccc(CSC(CCO)C2CCCN2C(=O)OC(C)(C)C)cc1. The van der Waals surface area contributed by atoms with E-state index in [1.807, 2.05) is 37.8 Å². The topological polar surface area (TPSA) is 59.0 Å². The molecule has 0 radical (unpaired) electrons. The maximum absolute atomic E-state index is 12.5. The summed E-state index contributed by atoms with van der Waals surface area (Å²) >= 11 is 1.80. The van der Waals surface area contributed by atoms with E-state index in [0.29, 0.717) is 6.42 Å². The Kier molecular flexibility index (Phi) is 7.65. The van der Waals surface area contributed by atoms with E-state index in [1.54, 1.807) is 18.9 Å². The fourth-order valence-corrected chi connectivity index (χ4v) is 4.54. The van der Waals surface area contributed by atoms with Gasteiger partial charge in [0.05, 0.1) is 7.11 Å². The minimum Gasteiger partial charge on any atom is -0.497 e. The second-order valence-corrected chi connectivity index (χ2v) is 8.82. The zero-order valence-corrected chi connectivity index (χ0v) is 17.1. The standard InChI is InChI=1S/C20H31NO4S/c1-20(2,3)25-19(23)21-12-5-6-17(21)18(11-13-22)26-14-15-7-9-16(24-4)10-8-15/h7-10,17-18,22H,5-6,11-14H2,1-4H3. The molecule has 0 bridgehead atoms. The lowest BCUT2D eigenvalue weighted by Gasteiger charge is -2.33. The number of aliphatic hydroxyl groups is 1. The number of benzene rings is 1. The highest BCUT2D eigenvalue weighted by molar-refractivity contribution is 7.99. The number of hydrogen-bond donors (Lipinski definition) is 1. The summed E-state index contributed by atoms with van der Waals surface area (Å²) in [7, 11) is 1.66. The second-order valence-electron chi connectivity index (χ2n) is 7.59. The first-order chi connectivity index (χ1) is 12.3. The molecule has 1 saturated heterocycles. The third kappa shape index (κ3) is 6.09. The number of rotatable bonds is 7. The van der Waals surface area contributed by atoms with E-state index in [-0.39, 0.29) is 24.0 Å². The van der Waals surface area contributed by atoms with Crippen LogP contribution < -0.4 is 4.74 Å². The summed E-state index contributed by atoms with van der Waals surface area (Å²) in [5.74, 6) is 1.69. The van der Waals surface area contributed by atoms with Gasteiger partial charge in [0.15, 0.2) is 0 Å². The van der Waals surface area contributed by atoms with Crippen molar-refractivity contribution in [1.29, 1.82) is 0 Å². The van der Waals surface area contributed by atoms with Gasteiger partial charge in [-0.1, -0.05) is 12.1 Å². The average Bonchev–Trinajstić information content (AvgIpc) is 3.07. The summed E-state index contributed by atoms with van der Waals surface area (Å²) in [5.41, 5.74) is 0.716. The predicted molar refractivity (Wildman–Crippen MR) is 106 cm³/mol. The summed E-state index contributed by atoms with van der Waals surface area (Å²) in [6, 6.07) is 8.14. The van der Waals surface area contributed by atoms with Crippen LogP contribution in [0.4, 0.5) is 4.79 Å². The summed E-state index contributed by atoms with van der Waals surface area (Å²) < 4.78 is 10.8. The van der Waals surface area contributed by atoms with E-state index >= 15 is 0 Å². The summed E-state index contributed by atoms with van der Waals surface area (Å²) in [6.07, 6.45) is 2.37. The zero-order valence-electron chi connectivity index (χ0n) is 16.2. The van der Waals surface area contributed by atoms with Crippen LogP contribution in [0.15, 0.2) is 24.3 Å². The number of carbonyl (C=O) groups is 1. The molecular weight excluding hydrogens is 350 g/mol. The van der Waals surface area contributed by atoms with Crippen molar-refractivity contribution < 1.29 is 19.4 Å². The Hall–Kier alpha value is -1.40. The quantitative estimate of drug-likeness (QED) is 0.771.